The molecule has 0 amide bonds. The second-order valence-electron chi connectivity index (χ2n) is 6.70. The van der Waals surface area contributed by atoms with Crippen molar-refractivity contribution in [1.82, 2.24) is 9.97 Å². The highest BCUT2D eigenvalue weighted by Crippen LogP contribution is 2.27. The maximum atomic E-state index is 12.5. The van der Waals surface area contributed by atoms with Crippen LogP contribution in [0.1, 0.15) is 11.4 Å². The number of benzene rings is 3. The molecule has 0 saturated carbocycles. The van der Waals surface area contributed by atoms with E-state index >= 15 is 0 Å². The van der Waals surface area contributed by atoms with E-state index in [1.165, 1.54) is 22.9 Å². The van der Waals surface area contributed by atoms with Crippen molar-refractivity contribution in [2.75, 3.05) is 4.72 Å². The van der Waals surface area contributed by atoms with Gasteiger partial charge in [-0.1, -0.05) is 30.3 Å². The van der Waals surface area contributed by atoms with E-state index in [-0.39, 0.29) is 5.69 Å². The molecule has 0 spiro atoms. The monoisotopic (exact) mass is 447 g/mol. The maximum Gasteiger partial charge on any atom is 0.516 e. The summed E-state index contributed by atoms with van der Waals surface area (Å²) in [4.78, 5) is 7.43. The smallest absolute Gasteiger partial charge is 0.457 e. The third-order valence-electron chi connectivity index (χ3n) is 4.36. The molecule has 1 heterocycles. The first-order valence-corrected chi connectivity index (χ1v) is 10.6. The largest absolute Gasteiger partial charge is 0.516 e. The van der Waals surface area contributed by atoms with Crippen molar-refractivity contribution in [3.63, 3.8) is 0 Å². The number of aromatic nitrogens is 2. The molecule has 0 aliphatic rings. The van der Waals surface area contributed by atoms with Gasteiger partial charge in [0.1, 0.15) is 17.3 Å². The number of hydrogen-bond donors (Lipinski definition) is 2. The van der Waals surface area contributed by atoms with Gasteiger partial charge < -0.3 is 9.72 Å². The summed E-state index contributed by atoms with van der Waals surface area (Å²) in [7, 11) is -5.49. The van der Waals surface area contributed by atoms with Crippen LogP contribution in [0.25, 0.3) is 11.0 Å². The summed E-state index contributed by atoms with van der Waals surface area (Å²) < 4.78 is 67.5. The lowest BCUT2D eigenvalue weighted by molar-refractivity contribution is -0.0429. The summed E-state index contributed by atoms with van der Waals surface area (Å²) in [6, 6.07) is 20.7. The molecule has 2 N–H and O–H groups in total. The van der Waals surface area contributed by atoms with Crippen LogP contribution in [-0.2, 0) is 16.4 Å². The van der Waals surface area contributed by atoms with Gasteiger partial charge in [0.05, 0.1) is 16.7 Å². The zero-order valence-electron chi connectivity index (χ0n) is 15.8. The fraction of sp³-hybridized carbons (Fsp3) is 0.0952. The molecule has 6 nitrogen and oxygen atoms in total. The molecule has 0 bridgehead atoms. The minimum Gasteiger partial charge on any atom is -0.457 e. The number of imidazole rings is 1. The summed E-state index contributed by atoms with van der Waals surface area (Å²) in [5, 5.41) is 0. The summed E-state index contributed by atoms with van der Waals surface area (Å²) >= 11 is 0. The first-order chi connectivity index (χ1) is 14.7. The Morgan fingerprint density at radius 3 is 2.29 bits per heavy atom. The molecule has 0 atom stereocenters. The molecule has 1 aromatic heterocycles. The molecule has 4 rings (SSSR count). The molecule has 31 heavy (non-hydrogen) atoms. The van der Waals surface area contributed by atoms with Crippen LogP contribution < -0.4 is 9.46 Å². The van der Waals surface area contributed by atoms with E-state index in [9.17, 15) is 21.6 Å². The summed E-state index contributed by atoms with van der Waals surface area (Å²) in [5.41, 5.74) is -3.74. The van der Waals surface area contributed by atoms with Crippen LogP contribution in [0.4, 0.5) is 18.9 Å². The first-order valence-electron chi connectivity index (χ1n) is 9.09. The van der Waals surface area contributed by atoms with Crippen molar-refractivity contribution in [3.05, 3.63) is 84.2 Å². The van der Waals surface area contributed by atoms with Crippen LogP contribution in [0.5, 0.6) is 11.5 Å². The fourth-order valence-electron chi connectivity index (χ4n) is 2.91. The zero-order chi connectivity index (χ0) is 22.1. The Morgan fingerprint density at radius 1 is 0.935 bits per heavy atom. The molecule has 160 valence electrons. The summed E-state index contributed by atoms with van der Waals surface area (Å²) in [5.74, 6) is 1.99. The Kier molecular flexibility index (Phi) is 5.32. The molecule has 0 unspecified atom stereocenters. The van der Waals surface area contributed by atoms with E-state index in [1.807, 2.05) is 54.6 Å². The molecule has 0 fully saturated rings. The van der Waals surface area contributed by atoms with Gasteiger partial charge in [-0.3, -0.25) is 4.72 Å². The number of halogens is 3. The minimum absolute atomic E-state index is 0.217. The van der Waals surface area contributed by atoms with Gasteiger partial charge in [0.15, 0.2) is 0 Å². The van der Waals surface area contributed by atoms with Gasteiger partial charge in [0, 0.05) is 6.42 Å². The van der Waals surface area contributed by atoms with Gasteiger partial charge in [-0.05, 0) is 48.0 Å². The average molecular weight is 447 g/mol. The maximum absolute atomic E-state index is 12.5. The fourth-order valence-corrected chi connectivity index (χ4v) is 3.47. The number of anilines is 1. The molecule has 0 aliphatic carbocycles. The van der Waals surface area contributed by atoms with E-state index < -0.39 is 15.5 Å². The Morgan fingerprint density at radius 2 is 1.61 bits per heavy atom. The Bertz CT molecular complexity index is 1300. The number of rotatable bonds is 6. The van der Waals surface area contributed by atoms with E-state index in [0.717, 1.165) is 11.3 Å². The van der Waals surface area contributed by atoms with Crippen molar-refractivity contribution < 1.29 is 26.3 Å². The molecular formula is C21H16F3N3O3S. The summed E-state index contributed by atoms with van der Waals surface area (Å²) in [6.45, 7) is 0. The van der Waals surface area contributed by atoms with Crippen LogP contribution >= 0.6 is 0 Å². The lowest BCUT2D eigenvalue weighted by atomic mass is 10.1. The first kappa shape index (κ1) is 20.7. The van der Waals surface area contributed by atoms with E-state index in [4.69, 9.17) is 4.74 Å². The van der Waals surface area contributed by atoms with E-state index in [1.54, 1.807) is 0 Å². The van der Waals surface area contributed by atoms with Gasteiger partial charge in [0.2, 0.25) is 0 Å². The number of nitrogens with one attached hydrogen (secondary N) is 2. The molecule has 0 radical (unpaired) electrons. The van der Waals surface area contributed by atoms with Crippen molar-refractivity contribution in [2.24, 2.45) is 0 Å². The van der Waals surface area contributed by atoms with Gasteiger partial charge >= 0.3 is 15.5 Å². The Hall–Kier alpha value is -3.53. The van der Waals surface area contributed by atoms with Crippen molar-refractivity contribution in [3.8, 4) is 11.5 Å². The highest BCUT2D eigenvalue weighted by molar-refractivity contribution is 7.93. The lowest BCUT2D eigenvalue weighted by Gasteiger charge is -2.10. The highest BCUT2D eigenvalue weighted by atomic mass is 32.2. The number of alkyl halides is 3. The number of sulfonamides is 1. The van der Waals surface area contributed by atoms with Crippen LogP contribution in [0.3, 0.4) is 0 Å². The Balaban J connectivity index is 1.48. The summed E-state index contributed by atoms with van der Waals surface area (Å²) in [6.07, 6.45) is 0.448. The normalized spacial score (nSPS) is 12.1. The van der Waals surface area contributed by atoms with Crippen LogP contribution in [-0.4, -0.2) is 23.9 Å². The number of aromatic amines is 1. The van der Waals surface area contributed by atoms with E-state index in [0.29, 0.717) is 29.0 Å². The molecular weight excluding hydrogens is 431 g/mol. The number of nitrogens with zero attached hydrogens (tertiary/aromatic N) is 1. The predicted octanol–water partition coefficient (Wildman–Crippen LogP) is 5.21. The number of H-pyrrole nitrogens is 1. The van der Waals surface area contributed by atoms with Gasteiger partial charge in [-0.15, -0.1) is 0 Å². The topological polar surface area (TPSA) is 84.1 Å². The number of hydrogen-bond acceptors (Lipinski definition) is 4. The standard InChI is InChI=1S/C21H16F3N3O3S/c22-21(23,24)31(28,29)27-15-8-11-18-19(13-15)26-20(25-18)12-14-6-9-17(10-7-14)30-16-4-2-1-3-5-16/h1-11,13,27H,12H2,(H,25,26). The predicted molar refractivity (Wildman–Crippen MR) is 110 cm³/mol. The van der Waals surface area contributed by atoms with Crippen molar-refractivity contribution in [2.45, 2.75) is 11.9 Å². The zero-order valence-corrected chi connectivity index (χ0v) is 16.7. The van der Waals surface area contributed by atoms with Crippen LogP contribution in [0.15, 0.2) is 72.8 Å². The highest BCUT2D eigenvalue weighted by Gasteiger charge is 2.46. The quantitative estimate of drug-likeness (QED) is 0.425. The molecule has 3 aromatic carbocycles. The second-order valence-corrected chi connectivity index (χ2v) is 8.38. The Labute approximate surface area is 175 Å². The number of para-hydroxylation sites is 1. The molecule has 0 saturated heterocycles. The van der Waals surface area contributed by atoms with E-state index in [2.05, 4.69) is 9.97 Å². The third kappa shape index (κ3) is 4.80. The van der Waals surface area contributed by atoms with Crippen LogP contribution in [0, 0.1) is 0 Å². The second kappa shape index (κ2) is 7.95. The van der Waals surface area contributed by atoms with Crippen LogP contribution in [0.2, 0.25) is 0 Å². The van der Waals surface area contributed by atoms with Crippen molar-refractivity contribution in [1.29, 1.82) is 0 Å². The molecule has 0 aliphatic heterocycles. The number of fused-ring (bicyclic) bond motifs is 1. The minimum atomic E-state index is -5.49. The van der Waals surface area contributed by atoms with Gasteiger partial charge in [-0.2, -0.15) is 21.6 Å². The SMILES string of the molecule is O=S(=O)(Nc1ccc2[nH]c(Cc3ccc(Oc4ccccc4)cc3)nc2c1)C(F)(F)F. The molecule has 10 heteroatoms. The molecule has 4 aromatic rings. The van der Waals surface area contributed by atoms with Crippen molar-refractivity contribution >= 4 is 26.7 Å². The average Bonchev–Trinajstić information content (AvgIpc) is 3.10. The van der Waals surface area contributed by atoms with Gasteiger partial charge in [-0.25, -0.2) is 4.98 Å². The van der Waals surface area contributed by atoms with Gasteiger partial charge in [0.25, 0.3) is 0 Å². The third-order valence-corrected chi connectivity index (χ3v) is 5.48. The lowest BCUT2D eigenvalue weighted by Crippen LogP contribution is -2.29. The number of ether oxygens (including phenoxy) is 1.